The number of hydrogen-bond donors (Lipinski definition) is 4. The summed E-state index contributed by atoms with van der Waals surface area (Å²) >= 11 is 0. The van der Waals surface area contributed by atoms with Gasteiger partial charge < -0.3 is 15.7 Å². The first kappa shape index (κ1) is 14.4. The van der Waals surface area contributed by atoms with E-state index in [1.165, 1.54) is 11.1 Å². The Morgan fingerprint density at radius 1 is 1.04 bits per heavy atom. The number of benzene rings is 2. The van der Waals surface area contributed by atoms with Crippen LogP contribution in [0.2, 0.25) is 0 Å². The van der Waals surface area contributed by atoms with E-state index in [-0.39, 0.29) is 5.84 Å². The van der Waals surface area contributed by atoms with Crippen molar-refractivity contribution < 1.29 is 0 Å². The second-order valence-corrected chi connectivity index (χ2v) is 6.09. The number of hydrogen-bond acceptors (Lipinski definition) is 3. The van der Waals surface area contributed by atoms with Crippen LogP contribution in [0.25, 0.3) is 22.1 Å². The number of fused-ring (bicyclic) bond motifs is 2. The Kier molecular flexibility index (Phi) is 3.13. The zero-order valence-electron chi connectivity index (χ0n) is 13.6. The van der Waals surface area contributed by atoms with Crippen LogP contribution in [0.4, 0.5) is 0 Å². The van der Waals surface area contributed by atoms with Gasteiger partial charge in [-0.3, -0.25) is 5.41 Å². The van der Waals surface area contributed by atoms with Crippen LogP contribution in [-0.2, 0) is 6.42 Å². The summed E-state index contributed by atoms with van der Waals surface area (Å²) in [6, 6.07) is 9.70. The normalized spacial score (nSPS) is 11.4. The molecule has 0 saturated carbocycles. The highest BCUT2D eigenvalue weighted by Gasteiger charge is 2.10. The maximum absolute atomic E-state index is 7.52. The number of nitrogens with two attached hydrogens (primary N) is 1. The van der Waals surface area contributed by atoms with Crippen molar-refractivity contribution >= 4 is 27.9 Å². The number of nitrogens with zero attached hydrogens (tertiary/aromatic N) is 2. The van der Waals surface area contributed by atoms with E-state index >= 15 is 0 Å². The summed E-state index contributed by atoms with van der Waals surface area (Å²) in [6.07, 6.45) is 0.594. The van der Waals surface area contributed by atoms with Gasteiger partial charge in [-0.2, -0.15) is 0 Å². The van der Waals surface area contributed by atoms with Crippen LogP contribution >= 0.6 is 0 Å². The fraction of sp³-hybridized carbons (Fsp3) is 0.167. The molecule has 0 atom stereocenters. The number of rotatable bonds is 3. The van der Waals surface area contributed by atoms with Crippen LogP contribution in [0.1, 0.15) is 28.3 Å². The first-order valence-electron chi connectivity index (χ1n) is 7.79. The molecular formula is C18H18N6. The topological polar surface area (TPSA) is 107 Å². The number of amidine groups is 1. The van der Waals surface area contributed by atoms with Crippen molar-refractivity contribution in [3.63, 3.8) is 0 Å². The molecule has 0 amide bonds. The van der Waals surface area contributed by atoms with E-state index in [1.54, 1.807) is 0 Å². The predicted octanol–water partition coefficient (Wildman–Crippen LogP) is 2.93. The molecule has 6 heteroatoms. The zero-order chi connectivity index (χ0) is 16.8. The average Bonchev–Trinajstić information content (AvgIpc) is 3.13. The third kappa shape index (κ3) is 2.32. The molecule has 0 saturated heterocycles. The van der Waals surface area contributed by atoms with E-state index in [2.05, 4.69) is 40.9 Å². The predicted molar refractivity (Wildman–Crippen MR) is 95.5 cm³/mol. The van der Waals surface area contributed by atoms with Gasteiger partial charge in [-0.05, 0) is 49.2 Å². The number of imidazole rings is 2. The molecule has 0 unspecified atom stereocenters. The van der Waals surface area contributed by atoms with Crippen molar-refractivity contribution in [3.05, 3.63) is 58.7 Å². The lowest BCUT2D eigenvalue weighted by Gasteiger charge is -1.98. The lowest BCUT2D eigenvalue weighted by atomic mass is 10.1. The highest BCUT2D eigenvalue weighted by Crippen LogP contribution is 2.21. The second kappa shape index (κ2) is 5.19. The molecule has 0 radical (unpaired) electrons. The molecule has 0 aliphatic carbocycles. The quantitative estimate of drug-likeness (QED) is 0.344. The Morgan fingerprint density at radius 2 is 1.75 bits per heavy atom. The van der Waals surface area contributed by atoms with Gasteiger partial charge in [0.05, 0.1) is 28.5 Å². The minimum Gasteiger partial charge on any atom is -0.384 e. The third-order valence-corrected chi connectivity index (χ3v) is 4.41. The molecular weight excluding hydrogens is 300 g/mol. The number of aryl methyl sites for hydroxylation is 2. The van der Waals surface area contributed by atoms with E-state index in [1.807, 2.05) is 18.2 Å². The van der Waals surface area contributed by atoms with Crippen LogP contribution < -0.4 is 5.73 Å². The molecule has 6 nitrogen and oxygen atoms in total. The summed E-state index contributed by atoms with van der Waals surface area (Å²) in [6.45, 7) is 4.18. The maximum Gasteiger partial charge on any atom is 0.122 e. The summed E-state index contributed by atoms with van der Waals surface area (Å²) in [5.74, 6) is 1.76. The van der Waals surface area contributed by atoms with Crippen molar-refractivity contribution in [2.45, 2.75) is 20.3 Å². The van der Waals surface area contributed by atoms with Crippen LogP contribution in [0, 0.1) is 19.3 Å². The fourth-order valence-corrected chi connectivity index (χ4v) is 2.92. The monoisotopic (exact) mass is 318 g/mol. The average molecular weight is 318 g/mol. The van der Waals surface area contributed by atoms with Gasteiger partial charge in [-0.15, -0.1) is 0 Å². The molecule has 5 N–H and O–H groups in total. The van der Waals surface area contributed by atoms with Crippen LogP contribution in [0.3, 0.4) is 0 Å². The second-order valence-electron chi connectivity index (χ2n) is 6.09. The minimum atomic E-state index is 0.0459. The molecule has 24 heavy (non-hydrogen) atoms. The SMILES string of the molecule is Cc1ccc2[nH]c(Cc3nc4cc(C(=N)N)ccc4[nH]3)nc2c1C. The smallest absolute Gasteiger partial charge is 0.122 e. The molecule has 2 aromatic heterocycles. The van der Waals surface area contributed by atoms with Gasteiger partial charge in [0.15, 0.2) is 0 Å². The Labute approximate surface area is 138 Å². The van der Waals surface area contributed by atoms with Crippen molar-refractivity contribution in [1.29, 1.82) is 5.41 Å². The Balaban J connectivity index is 1.71. The van der Waals surface area contributed by atoms with Gasteiger partial charge >= 0.3 is 0 Å². The minimum absolute atomic E-state index is 0.0459. The van der Waals surface area contributed by atoms with Gasteiger partial charge in [0.1, 0.15) is 17.5 Å². The molecule has 0 aliphatic heterocycles. The van der Waals surface area contributed by atoms with Gasteiger partial charge in [-0.1, -0.05) is 6.07 Å². The first-order chi connectivity index (χ1) is 11.5. The lowest BCUT2D eigenvalue weighted by Crippen LogP contribution is -2.10. The Hall–Kier alpha value is -3.15. The number of H-pyrrole nitrogens is 2. The highest BCUT2D eigenvalue weighted by molar-refractivity contribution is 5.97. The van der Waals surface area contributed by atoms with E-state index < -0.39 is 0 Å². The maximum atomic E-state index is 7.52. The lowest BCUT2D eigenvalue weighted by molar-refractivity contribution is 0.959. The zero-order valence-corrected chi connectivity index (χ0v) is 13.6. The van der Waals surface area contributed by atoms with Gasteiger partial charge in [0.25, 0.3) is 0 Å². The van der Waals surface area contributed by atoms with Crippen molar-refractivity contribution in [3.8, 4) is 0 Å². The molecule has 0 spiro atoms. The number of nitrogen functional groups attached to an aromatic ring is 1. The molecule has 4 rings (SSSR count). The summed E-state index contributed by atoms with van der Waals surface area (Å²) in [5.41, 5.74) is 12.4. The van der Waals surface area contributed by atoms with E-state index in [4.69, 9.17) is 16.1 Å². The van der Waals surface area contributed by atoms with Crippen molar-refractivity contribution in [2.24, 2.45) is 5.73 Å². The van der Waals surface area contributed by atoms with Gasteiger partial charge in [-0.25, -0.2) is 9.97 Å². The number of aromatic amines is 2. The molecule has 120 valence electrons. The first-order valence-corrected chi connectivity index (χ1v) is 7.79. The number of aromatic nitrogens is 4. The van der Waals surface area contributed by atoms with E-state index in [0.717, 1.165) is 33.7 Å². The Bertz CT molecular complexity index is 1090. The third-order valence-electron chi connectivity index (χ3n) is 4.41. The molecule has 0 fully saturated rings. The summed E-state index contributed by atoms with van der Waals surface area (Å²) in [4.78, 5) is 16.0. The van der Waals surface area contributed by atoms with Crippen LogP contribution in [-0.4, -0.2) is 25.8 Å². The summed E-state index contributed by atoms with van der Waals surface area (Å²) in [5, 5.41) is 7.52. The van der Waals surface area contributed by atoms with Gasteiger partial charge in [0, 0.05) is 5.56 Å². The van der Waals surface area contributed by atoms with Gasteiger partial charge in [0.2, 0.25) is 0 Å². The molecule has 2 aromatic carbocycles. The standard InChI is InChI=1S/C18H18N6/c1-9-3-5-13-17(10(9)2)24-16(22-13)8-15-21-12-6-4-11(18(19)20)7-14(12)23-15/h3-7H,8H2,1-2H3,(H3,19,20)(H,21,23)(H,22,24). The largest absolute Gasteiger partial charge is 0.384 e. The molecule has 0 bridgehead atoms. The van der Waals surface area contributed by atoms with E-state index in [0.29, 0.717) is 12.0 Å². The summed E-state index contributed by atoms with van der Waals surface area (Å²) < 4.78 is 0. The molecule has 2 heterocycles. The highest BCUT2D eigenvalue weighted by atomic mass is 15.0. The van der Waals surface area contributed by atoms with Crippen LogP contribution in [0.5, 0.6) is 0 Å². The summed E-state index contributed by atoms with van der Waals surface area (Å²) in [7, 11) is 0. The van der Waals surface area contributed by atoms with Crippen LogP contribution in [0.15, 0.2) is 30.3 Å². The number of nitrogens with one attached hydrogen (secondary N) is 3. The van der Waals surface area contributed by atoms with Crippen molar-refractivity contribution in [1.82, 2.24) is 19.9 Å². The molecule has 0 aliphatic rings. The van der Waals surface area contributed by atoms with Crippen molar-refractivity contribution in [2.75, 3.05) is 0 Å². The van der Waals surface area contributed by atoms with E-state index in [9.17, 15) is 0 Å². The fourth-order valence-electron chi connectivity index (χ4n) is 2.92. The Morgan fingerprint density at radius 3 is 2.54 bits per heavy atom. The molecule has 4 aromatic rings.